The van der Waals surface area contributed by atoms with Gasteiger partial charge in [-0.25, -0.2) is 4.57 Å². The van der Waals surface area contributed by atoms with Gasteiger partial charge in [-0.1, -0.05) is 43.7 Å². The number of hydrogen-bond acceptors (Lipinski definition) is 7. The van der Waals surface area contributed by atoms with Crippen molar-refractivity contribution >= 4 is 46.0 Å². The third kappa shape index (κ3) is 8.99. The van der Waals surface area contributed by atoms with Crippen LogP contribution < -0.4 is 20.5 Å². The monoisotopic (exact) mass is 699 g/mol. The number of rotatable bonds is 10. The van der Waals surface area contributed by atoms with Crippen LogP contribution in [0.2, 0.25) is 0 Å². The van der Waals surface area contributed by atoms with E-state index in [9.17, 15) is 29.1 Å². The first-order valence-electron chi connectivity index (χ1n) is 17.3. The second-order valence-corrected chi connectivity index (χ2v) is 13.6. The average molecular weight is 700 g/mol. The number of carbonyl (C=O) groups excluding carboxylic acids is 5. The number of H-pyrrole nitrogens is 1. The number of aromatic amines is 1. The fraction of sp³-hybridized carbons (Fsp3) is 0.432. The van der Waals surface area contributed by atoms with E-state index in [2.05, 4.69) is 32.6 Å². The largest absolute Gasteiger partial charge is 0.513 e. The van der Waals surface area contributed by atoms with Crippen LogP contribution in [0.25, 0.3) is 16.6 Å². The molecular formula is C37H47N8O6+. The Kier molecular flexibility index (Phi) is 11.9. The highest BCUT2D eigenvalue weighted by Crippen LogP contribution is 2.26. The average Bonchev–Trinajstić information content (AvgIpc) is 3.70. The Bertz CT molecular complexity index is 1910. The molecule has 4 amide bonds. The second kappa shape index (κ2) is 16.5. The number of amides is 4. The zero-order chi connectivity index (χ0) is 36.7. The fourth-order valence-electron chi connectivity index (χ4n) is 6.85. The number of carbonyl (C=O) groups is 5. The third-order valence-corrected chi connectivity index (χ3v) is 9.40. The Balaban J connectivity index is 1.40. The number of fused-ring (bicyclic) bond motifs is 2. The molecule has 0 unspecified atom stereocenters. The van der Waals surface area contributed by atoms with Crippen LogP contribution in [0.5, 0.6) is 0 Å². The van der Waals surface area contributed by atoms with E-state index in [-0.39, 0.29) is 37.4 Å². The van der Waals surface area contributed by atoms with E-state index in [1.165, 1.54) is 11.9 Å². The summed E-state index contributed by atoms with van der Waals surface area (Å²) in [6.45, 7) is 7.32. The van der Waals surface area contributed by atoms with E-state index in [1.54, 1.807) is 16.9 Å². The molecule has 1 fully saturated rings. The van der Waals surface area contributed by atoms with Gasteiger partial charge in [-0.2, -0.15) is 0 Å². The Morgan fingerprint density at radius 3 is 2.59 bits per heavy atom. The fourth-order valence-corrected chi connectivity index (χ4v) is 6.85. The minimum absolute atomic E-state index is 0.181. The number of hydrogen-bond donors (Lipinski definition) is 5. The zero-order valence-electron chi connectivity index (χ0n) is 29.3. The highest BCUT2D eigenvalue weighted by molar-refractivity contribution is 5.97. The number of imidazole rings is 1. The molecule has 5 rings (SSSR count). The minimum Gasteiger partial charge on any atom is -0.513 e. The second-order valence-electron chi connectivity index (χ2n) is 13.6. The van der Waals surface area contributed by atoms with E-state index >= 15 is 0 Å². The molecule has 14 nitrogen and oxygen atoms in total. The van der Waals surface area contributed by atoms with Gasteiger partial charge in [0, 0.05) is 49.0 Å². The molecule has 0 bridgehead atoms. The predicted molar refractivity (Wildman–Crippen MR) is 189 cm³/mol. The molecule has 1 aliphatic rings. The summed E-state index contributed by atoms with van der Waals surface area (Å²) in [6.07, 6.45) is 8.48. The summed E-state index contributed by atoms with van der Waals surface area (Å²) in [4.78, 5) is 73.2. The predicted octanol–water partition coefficient (Wildman–Crippen LogP) is 2.14. The van der Waals surface area contributed by atoms with Gasteiger partial charge in [0.1, 0.15) is 18.3 Å². The normalized spacial score (nSPS) is 21.3. The van der Waals surface area contributed by atoms with Crippen LogP contribution in [0, 0.1) is 11.8 Å². The Labute approximate surface area is 296 Å². The van der Waals surface area contributed by atoms with Crippen molar-refractivity contribution in [1.29, 1.82) is 0 Å². The number of aryl methyl sites for hydroxylation is 1. The molecule has 1 aromatic carbocycles. The number of para-hydroxylation sites is 1. The summed E-state index contributed by atoms with van der Waals surface area (Å²) >= 11 is 0. The van der Waals surface area contributed by atoms with Crippen molar-refractivity contribution in [3.63, 3.8) is 0 Å². The van der Waals surface area contributed by atoms with Crippen LogP contribution >= 0.6 is 0 Å². The Morgan fingerprint density at radius 2 is 1.82 bits per heavy atom. The van der Waals surface area contributed by atoms with Crippen LogP contribution in [0.1, 0.15) is 51.5 Å². The molecule has 4 aromatic rings. The lowest BCUT2D eigenvalue weighted by molar-refractivity contribution is -0.671. The van der Waals surface area contributed by atoms with E-state index in [0.717, 1.165) is 22.1 Å². The Morgan fingerprint density at radius 1 is 1.04 bits per heavy atom. The summed E-state index contributed by atoms with van der Waals surface area (Å²) in [6, 6.07) is 8.29. The number of Topliss-reactive ketones (excluding diaryl/α,β-unsaturated/α-hetero) is 1. The number of nitrogens with one attached hydrogen (secondary N) is 4. The molecule has 0 saturated carbocycles. The first-order valence-corrected chi connectivity index (χ1v) is 17.3. The van der Waals surface area contributed by atoms with E-state index in [0.29, 0.717) is 19.4 Å². The molecule has 1 saturated heterocycles. The van der Waals surface area contributed by atoms with Crippen LogP contribution in [-0.2, 0) is 36.9 Å². The third-order valence-electron chi connectivity index (χ3n) is 9.40. The SMILES string of the molecule is C=C(O)C[C@@H]1NC(=O)CNC(=O)[C@H](CCCC[n+]2ccn3ncccc32)NC(=O)[C@H](C(C)C)N(C)C(=O)[C@@H](Cc2c[nH]c3ccccc23)CC1=O. The van der Waals surface area contributed by atoms with Gasteiger partial charge in [-0.3, -0.25) is 24.0 Å². The molecule has 51 heavy (non-hydrogen) atoms. The minimum atomic E-state index is -1.19. The van der Waals surface area contributed by atoms with Gasteiger partial charge in [0.2, 0.25) is 23.6 Å². The van der Waals surface area contributed by atoms with Gasteiger partial charge >= 0.3 is 5.65 Å². The summed E-state index contributed by atoms with van der Waals surface area (Å²) in [7, 11) is 1.54. The number of benzene rings is 1. The molecule has 5 N–H and O–H groups in total. The molecule has 4 heterocycles. The van der Waals surface area contributed by atoms with Crippen molar-refractivity contribution in [3.8, 4) is 0 Å². The molecule has 14 heteroatoms. The summed E-state index contributed by atoms with van der Waals surface area (Å²) in [5.41, 5.74) is 2.61. The smallest absolute Gasteiger partial charge is 0.307 e. The first-order chi connectivity index (χ1) is 24.4. The molecule has 1 aliphatic heterocycles. The molecule has 0 spiro atoms. The maximum atomic E-state index is 14.3. The van der Waals surface area contributed by atoms with Crippen molar-refractivity contribution in [2.75, 3.05) is 13.6 Å². The van der Waals surface area contributed by atoms with Crippen LogP contribution in [0.3, 0.4) is 0 Å². The highest BCUT2D eigenvalue weighted by Gasteiger charge is 2.37. The quantitative estimate of drug-likeness (QED) is 0.0955. The van der Waals surface area contributed by atoms with Crippen molar-refractivity contribution < 1.29 is 33.6 Å². The standard InChI is InChI=1S/C37H46N8O6/c1-23(2)34-36(50)42-29(12-7-8-15-44-16-17-45-33(44)13-9-14-40-45)35(49)39-22-32(48)41-30(18-24(3)46)31(47)20-25(37(51)43(34)4)19-26-21-38-28-11-6-5-10-27(26)28/h5-6,9-11,13-14,16-17,21,23,25,29-30,34,38H,3,7-8,12,15,18-20,22H2,1-2,4H3,(H3-,39,41,42,46,48,49,50)/p+1/t25-,29-,30-,34-/m0/s1. The zero-order valence-corrected chi connectivity index (χ0v) is 29.3. The summed E-state index contributed by atoms with van der Waals surface area (Å²) in [5, 5.41) is 23.3. The van der Waals surface area contributed by atoms with E-state index in [1.807, 2.05) is 67.2 Å². The number of unbranched alkanes of at least 4 members (excludes halogenated alkanes) is 1. The van der Waals surface area contributed by atoms with Crippen molar-refractivity contribution in [1.82, 2.24) is 35.4 Å². The number of aromatic nitrogens is 4. The molecule has 0 aliphatic carbocycles. The van der Waals surface area contributed by atoms with Gasteiger partial charge < -0.3 is 30.9 Å². The number of nitrogens with zero attached hydrogens (tertiary/aromatic N) is 4. The highest BCUT2D eigenvalue weighted by atomic mass is 16.3. The van der Waals surface area contributed by atoms with Crippen LogP contribution in [0.4, 0.5) is 0 Å². The Hall–Kier alpha value is -5.53. The van der Waals surface area contributed by atoms with Gasteiger partial charge in [0.05, 0.1) is 31.1 Å². The lowest BCUT2D eigenvalue weighted by Crippen LogP contribution is -2.57. The molecular weight excluding hydrogens is 652 g/mol. The van der Waals surface area contributed by atoms with Gasteiger partial charge in [-0.15, -0.1) is 4.52 Å². The number of aliphatic hydroxyl groups is 1. The number of ketones is 1. The van der Waals surface area contributed by atoms with Crippen LogP contribution in [-0.4, -0.2) is 85.7 Å². The maximum Gasteiger partial charge on any atom is 0.307 e. The lowest BCUT2D eigenvalue weighted by Gasteiger charge is -2.34. The van der Waals surface area contributed by atoms with Gasteiger partial charge in [0.25, 0.3) is 0 Å². The van der Waals surface area contributed by atoms with Crippen LogP contribution in [0.15, 0.2) is 73.5 Å². The summed E-state index contributed by atoms with van der Waals surface area (Å²) < 4.78 is 3.81. The molecule has 4 atom stereocenters. The maximum absolute atomic E-state index is 14.3. The number of aliphatic hydroxyl groups excluding tert-OH is 1. The number of likely N-dealkylation sites (N-methyl/N-ethyl adjacent to an activating group) is 1. The van der Waals surface area contributed by atoms with E-state index in [4.69, 9.17) is 0 Å². The van der Waals surface area contributed by atoms with Crippen molar-refractivity contribution in [2.45, 2.75) is 77.0 Å². The summed E-state index contributed by atoms with van der Waals surface area (Å²) in [5.74, 6) is -4.22. The molecule has 270 valence electrons. The molecule has 3 aromatic heterocycles. The van der Waals surface area contributed by atoms with Crippen molar-refractivity contribution in [2.24, 2.45) is 11.8 Å². The van der Waals surface area contributed by atoms with Gasteiger partial charge in [0.15, 0.2) is 12.0 Å². The topological polar surface area (TPSA) is 182 Å². The van der Waals surface area contributed by atoms with Crippen molar-refractivity contribution in [3.05, 3.63) is 79.1 Å². The molecule has 0 radical (unpaired) electrons. The first kappa shape index (κ1) is 36.7. The van der Waals surface area contributed by atoms with E-state index < -0.39 is 60.0 Å². The lowest BCUT2D eigenvalue weighted by atomic mass is 9.88. The van der Waals surface area contributed by atoms with Gasteiger partial charge in [-0.05, 0) is 49.3 Å².